The molecule has 2 heteroatoms. The van der Waals surface area contributed by atoms with Crippen LogP contribution in [0.15, 0.2) is 18.2 Å². The summed E-state index contributed by atoms with van der Waals surface area (Å²) in [7, 11) is 0. The Hall–Kier alpha value is -1.31. The van der Waals surface area contributed by atoms with Crippen LogP contribution in [0.3, 0.4) is 0 Å². The van der Waals surface area contributed by atoms with Crippen LogP contribution in [-0.2, 0) is 11.2 Å². The first-order chi connectivity index (χ1) is 6.63. The molecule has 14 heavy (non-hydrogen) atoms. The Morgan fingerprint density at radius 3 is 2.64 bits per heavy atom. The first-order valence-electron chi connectivity index (χ1n) is 4.90. The van der Waals surface area contributed by atoms with Crippen molar-refractivity contribution in [2.75, 3.05) is 0 Å². The summed E-state index contributed by atoms with van der Waals surface area (Å²) in [6.45, 7) is 4.16. The molecule has 1 rings (SSSR count). The number of aldehydes is 1. The van der Waals surface area contributed by atoms with Crippen molar-refractivity contribution >= 4 is 6.29 Å². The second-order valence-electron chi connectivity index (χ2n) is 3.79. The van der Waals surface area contributed by atoms with Gasteiger partial charge in [0.2, 0.25) is 0 Å². The van der Waals surface area contributed by atoms with Crippen molar-refractivity contribution in [3.05, 3.63) is 29.3 Å². The van der Waals surface area contributed by atoms with Gasteiger partial charge in [0.25, 0.3) is 0 Å². The molecule has 0 amide bonds. The van der Waals surface area contributed by atoms with E-state index in [1.165, 1.54) is 0 Å². The van der Waals surface area contributed by atoms with Crippen molar-refractivity contribution in [2.45, 2.75) is 32.6 Å². The van der Waals surface area contributed by atoms with Gasteiger partial charge in [-0.05, 0) is 35.6 Å². The number of aryl methyl sites for hydroxylation is 1. The number of phenols is 1. The van der Waals surface area contributed by atoms with E-state index in [2.05, 4.69) is 13.8 Å². The molecule has 0 bridgehead atoms. The van der Waals surface area contributed by atoms with Crippen LogP contribution in [0, 0.1) is 0 Å². The average molecular weight is 192 g/mol. The van der Waals surface area contributed by atoms with Crippen LogP contribution in [0.5, 0.6) is 5.75 Å². The monoisotopic (exact) mass is 192 g/mol. The van der Waals surface area contributed by atoms with Gasteiger partial charge in [-0.3, -0.25) is 0 Å². The molecule has 0 saturated heterocycles. The molecule has 0 atom stereocenters. The zero-order chi connectivity index (χ0) is 10.6. The molecule has 76 valence electrons. The normalized spacial score (nSPS) is 10.5. The highest BCUT2D eigenvalue weighted by Gasteiger charge is 2.03. The molecule has 0 saturated carbocycles. The second-order valence-corrected chi connectivity index (χ2v) is 3.79. The van der Waals surface area contributed by atoms with Crippen molar-refractivity contribution in [3.63, 3.8) is 0 Å². The lowest BCUT2D eigenvalue weighted by molar-refractivity contribution is -0.107. The number of rotatable bonds is 4. The van der Waals surface area contributed by atoms with Crippen LogP contribution in [0.25, 0.3) is 0 Å². The van der Waals surface area contributed by atoms with Crippen LogP contribution in [0.4, 0.5) is 0 Å². The maximum absolute atomic E-state index is 10.2. The minimum Gasteiger partial charge on any atom is -0.508 e. The molecule has 0 aliphatic heterocycles. The highest BCUT2D eigenvalue weighted by atomic mass is 16.3. The highest BCUT2D eigenvalue weighted by Crippen LogP contribution is 2.22. The molecule has 0 spiro atoms. The van der Waals surface area contributed by atoms with Gasteiger partial charge < -0.3 is 9.90 Å². The minimum atomic E-state index is 0.289. The van der Waals surface area contributed by atoms with Gasteiger partial charge in [0.15, 0.2) is 0 Å². The maximum atomic E-state index is 10.2. The van der Waals surface area contributed by atoms with Crippen molar-refractivity contribution in [2.24, 2.45) is 0 Å². The Bertz CT molecular complexity index is 316. The Kier molecular flexibility index (Phi) is 3.69. The van der Waals surface area contributed by atoms with Gasteiger partial charge in [0, 0.05) is 6.42 Å². The van der Waals surface area contributed by atoms with Crippen LogP contribution in [0.1, 0.15) is 37.3 Å². The van der Waals surface area contributed by atoms with Gasteiger partial charge in [-0.1, -0.05) is 19.9 Å². The van der Waals surface area contributed by atoms with E-state index in [0.29, 0.717) is 18.8 Å². The van der Waals surface area contributed by atoms with Gasteiger partial charge in [-0.15, -0.1) is 0 Å². The van der Waals surface area contributed by atoms with E-state index in [0.717, 1.165) is 17.4 Å². The third kappa shape index (κ3) is 2.87. The van der Waals surface area contributed by atoms with E-state index in [4.69, 9.17) is 0 Å². The van der Waals surface area contributed by atoms with Gasteiger partial charge in [0.05, 0.1) is 0 Å². The molecule has 1 N–H and O–H groups in total. The summed E-state index contributed by atoms with van der Waals surface area (Å²) in [5, 5.41) is 9.45. The van der Waals surface area contributed by atoms with E-state index in [-0.39, 0.29) is 5.75 Å². The van der Waals surface area contributed by atoms with Crippen LogP contribution < -0.4 is 0 Å². The Balaban J connectivity index is 2.89. The van der Waals surface area contributed by atoms with Crippen molar-refractivity contribution in [1.82, 2.24) is 0 Å². The molecule has 0 aromatic heterocycles. The second kappa shape index (κ2) is 4.80. The van der Waals surface area contributed by atoms with Gasteiger partial charge in [0.1, 0.15) is 12.0 Å². The van der Waals surface area contributed by atoms with Crippen LogP contribution in [0.2, 0.25) is 0 Å². The minimum absolute atomic E-state index is 0.289. The highest BCUT2D eigenvalue weighted by molar-refractivity contribution is 5.50. The molecule has 2 nitrogen and oxygen atoms in total. The quantitative estimate of drug-likeness (QED) is 0.744. The van der Waals surface area contributed by atoms with Gasteiger partial charge >= 0.3 is 0 Å². The van der Waals surface area contributed by atoms with Crippen LogP contribution >= 0.6 is 0 Å². The largest absolute Gasteiger partial charge is 0.508 e. The lowest BCUT2D eigenvalue weighted by Crippen LogP contribution is -1.92. The number of phenolic OH excluding ortho intramolecular Hbond substituents is 1. The Labute approximate surface area is 84.6 Å². The van der Waals surface area contributed by atoms with E-state index < -0.39 is 0 Å². The molecule has 0 heterocycles. The Morgan fingerprint density at radius 1 is 1.36 bits per heavy atom. The maximum Gasteiger partial charge on any atom is 0.120 e. The van der Waals surface area contributed by atoms with Crippen molar-refractivity contribution in [3.8, 4) is 5.75 Å². The standard InChI is InChI=1S/C12H16O2/c1-9(2)11-6-10(4-3-5-13)7-12(14)8-11/h5-9,14H,3-4H2,1-2H3. The van der Waals surface area contributed by atoms with E-state index in [1.807, 2.05) is 6.07 Å². The third-order valence-electron chi connectivity index (χ3n) is 2.22. The molecular formula is C12H16O2. The van der Waals surface area contributed by atoms with Gasteiger partial charge in [-0.25, -0.2) is 0 Å². The summed E-state index contributed by atoms with van der Waals surface area (Å²) in [6.07, 6.45) is 2.12. The lowest BCUT2D eigenvalue weighted by Gasteiger charge is -2.08. The number of carbonyl (C=O) groups excluding carboxylic acids is 1. The third-order valence-corrected chi connectivity index (χ3v) is 2.22. The fraction of sp³-hybridized carbons (Fsp3) is 0.417. The zero-order valence-corrected chi connectivity index (χ0v) is 8.66. The molecule has 1 aromatic carbocycles. The first kappa shape index (κ1) is 10.8. The lowest BCUT2D eigenvalue weighted by atomic mass is 9.98. The van der Waals surface area contributed by atoms with E-state index in [1.54, 1.807) is 12.1 Å². The summed E-state index contributed by atoms with van der Waals surface area (Å²) in [6, 6.07) is 5.54. The molecule has 0 fully saturated rings. The smallest absolute Gasteiger partial charge is 0.120 e. The SMILES string of the molecule is CC(C)c1cc(O)cc(CCC=O)c1. The van der Waals surface area contributed by atoms with E-state index >= 15 is 0 Å². The first-order valence-corrected chi connectivity index (χ1v) is 4.90. The summed E-state index contributed by atoms with van der Waals surface area (Å²) in [5.41, 5.74) is 2.15. The van der Waals surface area contributed by atoms with E-state index in [9.17, 15) is 9.90 Å². The van der Waals surface area contributed by atoms with Gasteiger partial charge in [-0.2, -0.15) is 0 Å². The summed E-state index contributed by atoms with van der Waals surface area (Å²) in [5.74, 6) is 0.689. The molecule has 0 aliphatic carbocycles. The fourth-order valence-electron chi connectivity index (χ4n) is 1.40. The summed E-state index contributed by atoms with van der Waals surface area (Å²) >= 11 is 0. The van der Waals surface area contributed by atoms with Crippen molar-refractivity contribution in [1.29, 1.82) is 0 Å². The fourth-order valence-corrected chi connectivity index (χ4v) is 1.40. The van der Waals surface area contributed by atoms with Crippen LogP contribution in [-0.4, -0.2) is 11.4 Å². The predicted molar refractivity (Wildman–Crippen MR) is 56.6 cm³/mol. The number of hydrogen-bond acceptors (Lipinski definition) is 2. The zero-order valence-electron chi connectivity index (χ0n) is 8.66. The topological polar surface area (TPSA) is 37.3 Å². The molecule has 0 radical (unpaired) electrons. The molecule has 0 aliphatic rings. The Morgan fingerprint density at radius 2 is 2.07 bits per heavy atom. The predicted octanol–water partition coefficient (Wildman–Crippen LogP) is 2.65. The summed E-state index contributed by atoms with van der Waals surface area (Å²) < 4.78 is 0. The summed E-state index contributed by atoms with van der Waals surface area (Å²) in [4.78, 5) is 10.2. The number of hydrogen-bond donors (Lipinski definition) is 1. The van der Waals surface area contributed by atoms with Crippen molar-refractivity contribution < 1.29 is 9.90 Å². The molecule has 0 unspecified atom stereocenters. The number of carbonyl (C=O) groups is 1. The number of benzene rings is 1. The molecule has 1 aromatic rings. The number of aromatic hydroxyl groups is 1. The molecular weight excluding hydrogens is 176 g/mol. The average Bonchev–Trinajstić information content (AvgIpc) is 2.14.